The number of benzene rings is 1. The summed E-state index contributed by atoms with van der Waals surface area (Å²) in [6.07, 6.45) is 9.64. The molecule has 0 saturated heterocycles. The van der Waals surface area contributed by atoms with Crippen LogP contribution in [0.5, 0.6) is 0 Å². The van der Waals surface area contributed by atoms with E-state index in [1.807, 2.05) is 0 Å². The van der Waals surface area contributed by atoms with Gasteiger partial charge in [-0.2, -0.15) is 0 Å². The van der Waals surface area contributed by atoms with Gasteiger partial charge in [0.25, 0.3) is 0 Å². The number of unbranched alkanes of at least 4 members (excludes halogenated alkanes) is 2. The molecule has 0 spiro atoms. The van der Waals surface area contributed by atoms with E-state index in [1.54, 1.807) is 0 Å². The first-order chi connectivity index (χ1) is 9.61. The number of rotatable bonds is 5. The smallest absolute Gasteiger partial charge is 0.145 e. The second-order valence-corrected chi connectivity index (χ2v) is 6.39. The summed E-state index contributed by atoms with van der Waals surface area (Å²) in [5.41, 5.74) is 0.774. The van der Waals surface area contributed by atoms with Crippen LogP contribution in [0.4, 0.5) is 8.78 Å². The number of halogens is 3. The maximum Gasteiger partial charge on any atom is 0.145 e. The Hall–Kier alpha value is -0.630. The fourth-order valence-corrected chi connectivity index (χ4v) is 3.39. The van der Waals surface area contributed by atoms with Crippen LogP contribution in [-0.2, 0) is 0 Å². The van der Waals surface area contributed by atoms with Gasteiger partial charge in [0.15, 0.2) is 0 Å². The van der Waals surface area contributed by atoms with Gasteiger partial charge in [0.2, 0.25) is 0 Å². The molecule has 0 aliphatic heterocycles. The standard InChI is InChI=1S/C17H23ClF2/c1-2-3-4-5-12-6-8-13(9-7-12)14-10-15(19)17(18)16(20)11-14/h10-13H,2-9H2,1H3. The molecule has 1 aromatic carbocycles. The topological polar surface area (TPSA) is 0 Å². The molecule has 0 bridgehead atoms. The van der Waals surface area contributed by atoms with E-state index in [0.717, 1.165) is 24.3 Å². The van der Waals surface area contributed by atoms with Gasteiger partial charge in [-0.3, -0.25) is 0 Å². The van der Waals surface area contributed by atoms with Gasteiger partial charge < -0.3 is 0 Å². The summed E-state index contributed by atoms with van der Waals surface area (Å²) >= 11 is 5.53. The Kier molecular flexibility index (Phi) is 5.83. The first-order valence-electron chi connectivity index (χ1n) is 7.76. The lowest BCUT2D eigenvalue weighted by molar-refractivity contribution is 0.302. The molecule has 0 N–H and O–H groups in total. The van der Waals surface area contributed by atoms with Gasteiger partial charge in [0, 0.05) is 0 Å². The summed E-state index contributed by atoms with van der Waals surface area (Å²) < 4.78 is 27.0. The Labute approximate surface area is 125 Å². The average Bonchev–Trinajstić information content (AvgIpc) is 2.45. The third-order valence-corrected chi connectivity index (χ3v) is 4.90. The molecule has 112 valence electrons. The van der Waals surface area contributed by atoms with Crippen LogP contribution in [0.3, 0.4) is 0 Å². The van der Waals surface area contributed by atoms with Gasteiger partial charge in [0.1, 0.15) is 16.7 Å². The van der Waals surface area contributed by atoms with E-state index in [0.29, 0.717) is 5.92 Å². The Bertz CT molecular complexity index is 414. The molecule has 0 nitrogen and oxygen atoms in total. The number of hydrogen-bond donors (Lipinski definition) is 0. The molecule has 2 rings (SSSR count). The monoisotopic (exact) mass is 300 g/mol. The van der Waals surface area contributed by atoms with Gasteiger partial charge in [-0.15, -0.1) is 0 Å². The zero-order valence-corrected chi connectivity index (χ0v) is 12.9. The third-order valence-electron chi connectivity index (χ3n) is 4.54. The largest absolute Gasteiger partial charge is 0.205 e. The Morgan fingerprint density at radius 1 is 1.05 bits per heavy atom. The van der Waals surface area contributed by atoms with Crippen molar-refractivity contribution >= 4 is 11.6 Å². The van der Waals surface area contributed by atoms with Crippen molar-refractivity contribution in [2.75, 3.05) is 0 Å². The highest BCUT2D eigenvalue weighted by atomic mass is 35.5. The minimum atomic E-state index is -0.633. The van der Waals surface area contributed by atoms with E-state index in [2.05, 4.69) is 6.92 Å². The predicted octanol–water partition coefficient (Wildman–Crippen LogP) is 6.47. The zero-order chi connectivity index (χ0) is 14.5. The Balaban J connectivity index is 1.90. The molecule has 0 atom stereocenters. The van der Waals surface area contributed by atoms with Crippen molar-refractivity contribution in [3.05, 3.63) is 34.4 Å². The van der Waals surface area contributed by atoms with Crippen molar-refractivity contribution in [2.45, 2.75) is 64.2 Å². The van der Waals surface area contributed by atoms with Gasteiger partial charge in [-0.1, -0.05) is 44.2 Å². The lowest BCUT2D eigenvalue weighted by Gasteiger charge is -2.29. The molecular formula is C17H23ClF2. The maximum absolute atomic E-state index is 13.5. The maximum atomic E-state index is 13.5. The van der Waals surface area contributed by atoms with Gasteiger partial charge in [-0.25, -0.2) is 8.78 Å². The van der Waals surface area contributed by atoms with E-state index < -0.39 is 11.6 Å². The van der Waals surface area contributed by atoms with Crippen LogP contribution in [-0.4, -0.2) is 0 Å². The average molecular weight is 301 g/mol. The molecule has 3 heteroatoms. The van der Waals surface area contributed by atoms with Gasteiger partial charge >= 0.3 is 0 Å². The molecule has 0 heterocycles. The van der Waals surface area contributed by atoms with Gasteiger partial charge in [0.05, 0.1) is 0 Å². The molecule has 0 amide bonds. The van der Waals surface area contributed by atoms with Crippen LogP contribution in [0.15, 0.2) is 12.1 Å². The van der Waals surface area contributed by atoms with Crippen molar-refractivity contribution in [3.63, 3.8) is 0 Å². The van der Waals surface area contributed by atoms with Crippen LogP contribution in [0.1, 0.15) is 69.8 Å². The second-order valence-electron chi connectivity index (χ2n) is 6.01. The van der Waals surface area contributed by atoms with Crippen LogP contribution in [0, 0.1) is 17.6 Å². The molecule has 1 fully saturated rings. The molecule has 1 aromatic rings. The number of hydrogen-bond acceptors (Lipinski definition) is 0. The highest BCUT2D eigenvalue weighted by Crippen LogP contribution is 2.38. The quantitative estimate of drug-likeness (QED) is 0.431. The van der Waals surface area contributed by atoms with E-state index >= 15 is 0 Å². The van der Waals surface area contributed by atoms with E-state index in [-0.39, 0.29) is 5.02 Å². The highest BCUT2D eigenvalue weighted by Gasteiger charge is 2.23. The summed E-state index contributed by atoms with van der Waals surface area (Å²) in [4.78, 5) is 0. The molecule has 1 aliphatic carbocycles. The summed E-state index contributed by atoms with van der Waals surface area (Å²) in [6.45, 7) is 2.22. The predicted molar refractivity (Wildman–Crippen MR) is 80.2 cm³/mol. The second kappa shape index (κ2) is 7.40. The zero-order valence-electron chi connectivity index (χ0n) is 12.1. The summed E-state index contributed by atoms with van der Waals surface area (Å²) in [5, 5.41) is -0.387. The van der Waals surface area contributed by atoms with Crippen molar-refractivity contribution in [1.82, 2.24) is 0 Å². The Morgan fingerprint density at radius 3 is 2.20 bits per heavy atom. The van der Waals surface area contributed by atoms with Crippen LogP contribution >= 0.6 is 11.6 Å². The van der Waals surface area contributed by atoms with Gasteiger partial charge in [-0.05, 0) is 55.2 Å². The molecule has 20 heavy (non-hydrogen) atoms. The van der Waals surface area contributed by atoms with Crippen molar-refractivity contribution < 1.29 is 8.78 Å². The van der Waals surface area contributed by atoms with Crippen molar-refractivity contribution in [3.8, 4) is 0 Å². The Morgan fingerprint density at radius 2 is 1.65 bits per heavy atom. The lowest BCUT2D eigenvalue weighted by Crippen LogP contribution is -2.13. The molecular weight excluding hydrogens is 278 g/mol. The summed E-state index contributed by atoms with van der Waals surface area (Å²) in [6, 6.07) is 2.82. The fraction of sp³-hybridized carbons (Fsp3) is 0.647. The molecule has 1 saturated carbocycles. The molecule has 0 aromatic heterocycles. The normalized spacial score (nSPS) is 23.0. The van der Waals surface area contributed by atoms with Crippen LogP contribution in [0.25, 0.3) is 0 Å². The summed E-state index contributed by atoms with van der Waals surface area (Å²) in [7, 11) is 0. The first kappa shape index (κ1) is 15.8. The van der Waals surface area contributed by atoms with E-state index in [1.165, 1.54) is 50.7 Å². The lowest BCUT2D eigenvalue weighted by atomic mass is 9.77. The molecule has 1 aliphatic rings. The first-order valence-corrected chi connectivity index (χ1v) is 8.14. The van der Waals surface area contributed by atoms with Crippen LogP contribution < -0.4 is 0 Å². The van der Waals surface area contributed by atoms with Crippen molar-refractivity contribution in [2.24, 2.45) is 5.92 Å². The van der Waals surface area contributed by atoms with E-state index in [9.17, 15) is 8.78 Å². The van der Waals surface area contributed by atoms with Crippen molar-refractivity contribution in [1.29, 1.82) is 0 Å². The van der Waals surface area contributed by atoms with E-state index in [4.69, 9.17) is 11.6 Å². The highest BCUT2D eigenvalue weighted by molar-refractivity contribution is 6.30. The minimum absolute atomic E-state index is 0.290. The third kappa shape index (κ3) is 3.94. The fourth-order valence-electron chi connectivity index (χ4n) is 3.28. The minimum Gasteiger partial charge on any atom is -0.205 e. The van der Waals surface area contributed by atoms with Crippen LogP contribution in [0.2, 0.25) is 5.02 Å². The SMILES string of the molecule is CCCCCC1CCC(c2cc(F)c(Cl)c(F)c2)CC1. The molecule has 0 radical (unpaired) electrons. The molecule has 0 unspecified atom stereocenters. The summed E-state index contributed by atoms with van der Waals surface area (Å²) in [5.74, 6) is -0.169.